The lowest BCUT2D eigenvalue weighted by atomic mass is 10.1. The van der Waals surface area contributed by atoms with Gasteiger partial charge in [-0.3, -0.25) is 5.10 Å². The first-order valence-corrected chi connectivity index (χ1v) is 7.41. The summed E-state index contributed by atoms with van der Waals surface area (Å²) in [5.74, 6) is 1.36. The fraction of sp³-hybridized carbons (Fsp3) is 0.600. The van der Waals surface area contributed by atoms with E-state index in [4.69, 9.17) is 14.5 Å². The molecule has 1 saturated heterocycles. The van der Waals surface area contributed by atoms with Crippen LogP contribution in [0.2, 0.25) is 0 Å². The minimum Gasteiger partial charge on any atom is -0.474 e. The first kappa shape index (κ1) is 12.1. The molecule has 20 heavy (non-hydrogen) atoms. The van der Waals surface area contributed by atoms with Gasteiger partial charge in [0.2, 0.25) is 5.88 Å². The van der Waals surface area contributed by atoms with Crippen LogP contribution in [0.5, 0.6) is 5.88 Å². The molecule has 106 valence electrons. The summed E-state index contributed by atoms with van der Waals surface area (Å²) < 4.78 is 11.6. The number of ether oxygens (including phenoxy) is 2. The van der Waals surface area contributed by atoms with E-state index in [1.54, 1.807) is 0 Å². The summed E-state index contributed by atoms with van der Waals surface area (Å²) >= 11 is 0. The van der Waals surface area contributed by atoms with Gasteiger partial charge < -0.3 is 9.47 Å². The highest BCUT2D eigenvalue weighted by Gasteiger charge is 2.28. The SMILES string of the molecule is Cc1n[nH]c2cc(C3CC3)nc(OC3CCOCC3)c12. The number of aryl methyl sites for hydroxylation is 1. The van der Waals surface area contributed by atoms with E-state index in [-0.39, 0.29) is 6.10 Å². The predicted octanol–water partition coefficient (Wildman–Crippen LogP) is 2.70. The molecule has 1 aliphatic carbocycles. The number of hydrogen-bond acceptors (Lipinski definition) is 4. The Morgan fingerprint density at radius 1 is 1.25 bits per heavy atom. The van der Waals surface area contributed by atoms with E-state index in [1.165, 1.54) is 12.8 Å². The summed E-state index contributed by atoms with van der Waals surface area (Å²) in [4.78, 5) is 4.77. The maximum Gasteiger partial charge on any atom is 0.225 e. The summed E-state index contributed by atoms with van der Waals surface area (Å²) in [7, 11) is 0. The van der Waals surface area contributed by atoms with Crippen LogP contribution < -0.4 is 4.74 Å². The Bertz CT molecular complexity index is 627. The van der Waals surface area contributed by atoms with Crippen LogP contribution in [0.3, 0.4) is 0 Å². The lowest BCUT2D eigenvalue weighted by molar-refractivity contribution is 0.0243. The van der Waals surface area contributed by atoms with Gasteiger partial charge >= 0.3 is 0 Å². The van der Waals surface area contributed by atoms with Crippen molar-refractivity contribution in [2.75, 3.05) is 13.2 Å². The highest BCUT2D eigenvalue weighted by atomic mass is 16.5. The standard InChI is InChI=1S/C15H19N3O2/c1-9-14-13(18-17-9)8-12(10-2-3-10)16-15(14)20-11-4-6-19-7-5-11/h8,10-11H,2-7H2,1H3,(H,17,18). The zero-order valence-electron chi connectivity index (χ0n) is 11.7. The lowest BCUT2D eigenvalue weighted by Gasteiger charge is -2.23. The largest absolute Gasteiger partial charge is 0.474 e. The Morgan fingerprint density at radius 3 is 2.80 bits per heavy atom. The van der Waals surface area contributed by atoms with Gasteiger partial charge in [0, 0.05) is 24.5 Å². The van der Waals surface area contributed by atoms with Gasteiger partial charge in [0.25, 0.3) is 0 Å². The van der Waals surface area contributed by atoms with Crippen molar-refractivity contribution >= 4 is 10.9 Å². The summed E-state index contributed by atoms with van der Waals surface area (Å²) in [6.45, 7) is 3.55. The molecule has 2 fully saturated rings. The third-order valence-electron chi connectivity index (χ3n) is 4.15. The number of aromatic amines is 1. The fourth-order valence-corrected chi connectivity index (χ4v) is 2.80. The first-order valence-electron chi connectivity index (χ1n) is 7.41. The Morgan fingerprint density at radius 2 is 2.05 bits per heavy atom. The van der Waals surface area contributed by atoms with E-state index in [9.17, 15) is 0 Å². The molecule has 0 unspecified atom stereocenters. The summed E-state index contributed by atoms with van der Waals surface area (Å²) in [5.41, 5.74) is 3.14. The zero-order chi connectivity index (χ0) is 13.5. The average Bonchev–Trinajstić information content (AvgIpc) is 3.25. The maximum atomic E-state index is 6.18. The molecule has 2 aromatic heterocycles. The van der Waals surface area contributed by atoms with Crippen LogP contribution in [0.1, 0.15) is 43.0 Å². The van der Waals surface area contributed by atoms with E-state index in [0.29, 0.717) is 5.92 Å². The van der Waals surface area contributed by atoms with Crippen molar-refractivity contribution in [1.82, 2.24) is 15.2 Å². The van der Waals surface area contributed by atoms with Crippen molar-refractivity contribution in [3.63, 3.8) is 0 Å². The van der Waals surface area contributed by atoms with Crippen LogP contribution in [0.15, 0.2) is 6.07 Å². The second kappa shape index (κ2) is 4.74. The third-order valence-corrected chi connectivity index (χ3v) is 4.15. The summed E-state index contributed by atoms with van der Waals surface area (Å²) in [5, 5.41) is 8.42. The van der Waals surface area contributed by atoms with Crippen LogP contribution in [-0.4, -0.2) is 34.5 Å². The van der Waals surface area contributed by atoms with Crippen LogP contribution in [0.4, 0.5) is 0 Å². The van der Waals surface area contributed by atoms with Crippen LogP contribution in [-0.2, 0) is 4.74 Å². The molecule has 0 spiro atoms. The van der Waals surface area contributed by atoms with Crippen molar-refractivity contribution in [3.8, 4) is 5.88 Å². The molecule has 0 bridgehead atoms. The number of rotatable bonds is 3. The van der Waals surface area contributed by atoms with Gasteiger partial charge in [0.05, 0.1) is 29.8 Å². The Balaban J connectivity index is 1.72. The van der Waals surface area contributed by atoms with Crippen molar-refractivity contribution in [3.05, 3.63) is 17.5 Å². The van der Waals surface area contributed by atoms with Crippen LogP contribution in [0, 0.1) is 6.92 Å². The predicted molar refractivity (Wildman–Crippen MR) is 75.1 cm³/mol. The van der Waals surface area contributed by atoms with Crippen LogP contribution in [0.25, 0.3) is 10.9 Å². The van der Waals surface area contributed by atoms with E-state index >= 15 is 0 Å². The van der Waals surface area contributed by atoms with Gasteiger partial charge in [-0.15, -0.1) is 0 Å². The number of aromatic nitrogens is 3. The van der Waals surface area contributed by atoms with Crippen molar-refractivity contribution < 1.29 is 9.47 Å². The quantitative estimate of drug-likeness (QED) is 0.934. The van der Waals surface area contributed by atoms with Crippen LogP contribution >= 0.6 is 0 Å². The normalized spacial score (nSPS) is 20.4. The molecule has 5 nitrogen and oxygen atoms in total. The van der Waals surface area contributed by atoms with Crippen molar-refractivity contribution in [2.45, 2.75) is 44.6 Å². The smallest absolute Gasteiger partial charge is 0.225 e. The number of fused-ring (bicyclic) bond motifs is 1. The molecule has 3 heterocycles. The highest BCUT2D eigenvalue weighted by Crippen LogP contribution is 2.41. The van der Waals surface area contributed by atoms with E-state index in [0.717, 1.165) is 54.2 Å². The van der Waals surface area contributed by atoms with Crippen molar-refractivity contribution in [2.24, 2.45) is 0 Å². The number of nitrogens with zero attached hydrogens (tertiary/aromatic N) is 2. The minimum atomic E-state index is 0.211. The van der Waals surface area contributed by atoms with Gasteiger partial charge in [-0.25, -0.2) is 4.98 Å². The molecule has 0 radical (unpaired) electrons. The Labute approximate surface area is 117 Å². The molecule has 1 saturated carbocycles. The molecule has 0 atom stereocenters. The number of hydrogen-bond donors (Lipinski definition) is 1. The third kappa shape index (κ3) is 2.16. The van der Waals surface area contributed by atoms with Gasteiger partial charge in [-0.2, -0.15) is 5.10 Å². The average molecular weight is 273 g/mol. The summed E-state index contributed by atoms with van der Waals surface area (Å²) in [6, 6.07) is 2.13. The highest BCUT2D eigenvalue weighted by molar-refractivity contribution is 5.86. The minimum absolute atomic E-state index is 0.211. The molecule has 1 N–H and O–H groups in total. The fourth-order valence-electron chi connectivity index (χ4n) is 2.80. The zero-order valence-corrected chi connectivity index (χ0v) is 11.7. The molecule has 4 rings (SSSR count). The molecular formula is C15H19N3O2. The maximum absolute atomic E-state index is 6.18. The van der Waals surface area contributed by atoms with Gasteiger partial charge in [-0.05, 0) is 25.8 Å². The number of pyridine rings is 1. The van der Waals surface area contributed by atoms with Gasteiger partial charge in [0.15, 0.2) is 0 Å². The van der Waals surface area contributed by atoms with Gasteiger partial charge in [0.1, 0.15) is 6.10 Å². The number of H-pyrrole nitrogens is 1. The van der Waals surface area contributed by atoms with Gasteiger partial charge in [-0.1, -0.05) is 0 Å². The second-order valence-electron chi connectivity index (χ2n) is 5.79. The van der Waals surface area contributed by atoms with Crippen molar-refractivity contribution in [1.29, 1.82) is 0 Å². The first-order chi connectivity index (χ1) is 9.81. The Hall–Kier alpha value is -1.62. The molecule has 0 aromatic carbocycles. The molecular weight excluding hydrogens is 254 g/mol. The summed E-state index contributed by atoms with van der Waals surface area (Å²) in [6.07, 6.45) is 4.56. The molecule has 1 aliphatic heterocycles. The van der Waals surface area contributed by atoms with E-state index in [2.05, 4.69) is 16.3 Å². The molecule has 2 aliphatic rings. The number of nitrogens with one attached hydrogen (secondary N) is 1. The van der Waals surface area contributed by atoms with E-state index in [1.807, 2.05) is 6.92 Å². The monoisotopic (exact) mass is 273 g/mol. The topological polar surface area (TPSA) is 60.0 Å². The molecule has 2 aromatic rings. The Kier molecular flexibility index (Phi) is 2.88. The second-order valence-corrected chi connectivity index (χ2v) is 5.79. The molecule has 5 heteroatoms. The molecule has 0 amide bonds. The van der Waals surface area contributed by atoms with E-state index < -0.39 is 0 Å². The lowest BCUT2D eigenvalue weighted by Crippen LogP contribution is -2.26.